The minimum absolute atomic E-state index is 0.652. The number of carbonyl (C=O) groups excluding carboxylic acids is 1. The fraction of sp³-hybridized carbons (Fsp3) is 0.188. The van der Waals surface area contributed by atoms with Gasteiger partial charge in [-0.25, -0.2) is 4.98 Å². The summed E-state index contributed by atoms with van der Waals surface area (Å²) in [6.45, 7) is 0. The van der Waals surface area contributed by atoms with E-state index in [0.29, 0.717) is 18.0 Å². The van der Waals surface area contributed by atoms with Crippen LogP contribution >= 0.6 is 0 Å². The second-order valence-electron chi connectivity index (χ2n) is 5.39. The van der Waals surface area contributed by atoms with Gasteiger partial charge in [0.1, 0.15) is 5.65 Å². The molecule has 4 rings (SSSR count). The van der Waals surface area contributed by atoms with Crippen LogP contribution in [-0.4, -0.2) is 21.4 Å². The van der Waals surface area contributed by atoms with E-state index in [1.54, 1.807) is 6.20 Å². The van der Waals surface area contributed by atoms with Crippen LogP contribution in [0.4, 0.5) is 5.69 Å². The van der Waals surface area contributed by atoms with Crippen LogP contribution in [-0.2, 0) is 4.79 Å². The first kappa shape index (κ1) is 12.1. The lowest BCUT2D eigenvalue weighted by Gasteiger charge is -2.01. The van der Waals surface area contributed by atoms with E-state index in [-0.39, 0.29) is 0 Å². The molecule has 5 nitrogen and oxygen atoms in total. The number of nitrogens with zero attached hydrogens (tertiary/aromatic N) is 2. The third-order valence-corrected chi connectivity index (χ3v) is 3.81. The van der Waals surface area contributed by atoms with Gasteiger partial charge in [0.05, 0.1) is 11.9 Å². The van der Waals surface area contributed by atoms with Crippen LogP contribution in [0.25, 0.3) is 22.3 Å². The van der Waals surface area contributed by atoms with Gasteiger partial charge in [-0.15, -0.1) is 0 Å². The second kappa shape index (κ2) is 4.70. The molecule has 0 aromatic carbocycles. The van der Waals surface area contributed by atoms with Crippen molar-refractivity contribution < 1.29 is 4.79 Å². The molecule has 0 atom stereocenters. The maximum atomic E-state index is 10.5. The molecular formula is C16H14N4O. The number of amides is 1. The molecule has 1 aliphatic carbocycles. The molecule has 0 bridgehead atoms. The van der Waals surface area contributed by atoms with Crippen molar-refractivity contribution in [3.63, 3.8) is 0 Å². The Hall–Kier alpha value is -2.69. The fourth-order valence-corrected chi connectivity index (χ4v) is 2.56. The summed E-state index contributed by atoms with van der Waals surface area (Å²) in [5.74, 6) is 0.684. The van der Waals surface area contributed by atoms with Crippen molar-refractivity contribution in [3.05, 3.63) is 42.4 Å². The van der Waals surface area contributed by atoms with Crippen molar-refractivity contribution >= 4 is 23.1 Å². The lowest BCUT2D eigenvalue weighted by Crippen LogP contribution is -1.93. The molecule has 3 aromatic rings. The molecule has 1 amide bonds. The largest absolute Gasteiger partial charge is 0.339 e. The molecule has 0 saturated heterocycles. The van der Waals surface area contributed by atoms with Gasteiger partial charge >= 0.3 is 0 Å². The summed E-state index contributed by atoms with van der Waals surface area (Å²) in [7, 11) is 0. The Morgan fingerprint density at radius 1 is 1.19 bits per heavy atom. The lowest BCUT2D eigenvalue weighted by atomic mass is 10.1. The van der Waals surface area contributed by atoms with Gasteiger partial charge in [-0.3, -0.25) is 9.78 Å². The smallest absolute Gasteiger partial charge is 0.211 e. The van der Waals surface area contributed by atoms with Crippen LogP contribution in [0.2, 0.25) is 0 Å². The zero-order valence-electron chi connectivity index (χ0n) is 11.3. The Morgan fingerprint density at radius 2 is 2.10 bits per heavy atom. The molecule has 2 N–H and O–H groups in total. The normalized spacial score (nSPS) is 14.3. The third kappa shape index (κ3) is 2.27. The highest BCUT2D eigenvalue weighted by Gasteiger charge is 2.24. The monoisotopic (exact) mass is 278 g/mol. The summed E-state index contributed by atoms with van der Waals surface area (Å²) in [6.07, 6.45) is 8.63. The van der Waals surface area contributed by atoms with Crippen LogP contribution in [0.1, 0.15) is 24.3 Å². The molecule has 21 heavy (non-hydrogen) atoms. The van der Waals surface area contributed by atoms with Gasteiger partial charge in [-0.05, 0) is 42.5 Å². The molecule has 0 unspecified atom stereocenters. The van der Waals surface area contributed by atoms with Gasteiger partial charge in [0, 0.05) is 29.0 Å². The average Bonchev–Trinajstić information content (AvgIpc) is 3.27. The van der Waals surface area contributed by atoms with Gasteiger partial charge < -0.3 is 10.3 Å². The Bertz CT molecular complexity index is 820. The summed E-state index contributed by atoms with van der Waals surface area (Å²) in [6, 6.07) is 6.13. The van der Waals surface area contributed by atoms with E-state index in [4.69, 9.17) is 0 Å². The zero-order chi connectivity index (χ0) is 14.2. The van der Waals surface area contributed by atoms with Crippen LogP contribution in [0, 0.1) is 0 Å². The van der Waals surface area contributed by atoms with Gasteiger partial charge in [0.2, 0.25) is 6.41 Å². The van der Waals surface area contributed by atoms with Crippen molar-refractivity contribution in [2.45, 2.75) is 18.8 Å². The number of nitrogens with one attached hydrogen (secondary N) is 2. The van der Waals surface area contributed by atoms with Crippen LogP contribution in [0.15, 0.2) is 36.8 Å². The first-order chi connectivity index (χ1) is 10.3. The molecule has 104 valence electrons. The fourth-order valence-electron chi connectivity index (χ4n) is 2.56. The van der Waals surface area contributed by atoms with E-state index < -0.39 is 0 Å². The van der Waals surface area contributed by atoms with Gasteiger partial charge in [-0.1, -0.05) is 0 Å². The van der Waals surface area contributed by atoms with E-state index in [2.05, 4.69) is 26.3 Å². The number of aromatic amines is 1. The van der Waals surface area contributed by atoms with Crippen molar-refractivity contribution in [3.8, 4) is 11.3 Å². The van der Waals surface area contributed by atoms with Crippen LogP contribution in [0.3, 0.4) is 0 Å². The van der Waals surface area contributed by atoms with Crippen molar-refractivity contribution in [1.29, 1.82) is 0 Å². The lowest BCUT2D eigenvalue weighted by molar-refractivity contribution is -0.105. The molecule has 1 aliphatic rings. The quantitative estimate of drug-likeness (QED) is 0.720. The molecule has 3 heterocycles. The topological polar surface area (TPSA) is 70.7 Å². The summed E-state index contributed by atoms with van der Waals surface area (Å²) in [5, 5.41) is 3.58. The van der Waals surface area contributed by atoms with Crippen molar-refractivity contribution in [1.82, 2.24) is 15.0 Å². The Morgan fingerprint density at radius 3 is 2.90 bits per heavy atom. The van der Waals surface area contributed by atoms with Crippen LogP contribution in [0.5, 0.6) is 0 Å². The molecule has 1 saturated carbocycles. The number of hydrogen-bond donors (Lipinski definition) is 2. The van der Waals surface area contributed by atoms with E-state index in [0.717, 1.165) is 22.3 Å². The van der Waals surface area contributed by atoms with Gasteiger partial charge in [0.25, 0.3) is 0 Å². The minimum atomic E-state index is 0.652. The summed E-state index contributed by atoms with van der Waals surface area (Å²) in [5.41, 5.74) is 4.87. The number of anilines is 1. The Balaban J connectivity index is 1.75. The molecule has 1 fully saturated rings. The number of H-pyrrole nitrogens is 1. The highest BCUT2D eigenvalue weighted by Crippen LogP contribution is 2.40. The molecule has 0 radical (unpaired) electrons. The summed E-state index contributed by atoms with van der Waals surface area (Å²) in [4.78, 5) is 22.4. The average molecular weight is 278 g/mol. The van der Waals surface area contributed by atoms with Crippen LogP contribution < -0.4 is 5.32 Å². The Kier molecular flexibility index (Phi) is 2.70. The van der Waals surface area contributed by atoms with Crippen molar-refractivity contribution in [2.75, 3.05) is 5.32 Å². The minimum Gasteiger partial charge on any atom is -0.339 e. The molecule has 3 aromatic heterocycles. The first-order valence-electron chi connectivity index (χ1n) is 6.98. The third-order valence-electron chi connectivity index (χ3n) is 3.81. The number of pyridine rings is 2. The molecule has 5 heteroatoms. The van der Waals surface area contributed by atoms with E-state index >= 15 is 0 Å². The predicted octanol–water partition coefficient (Wildman–Crippen LogP) is 3.07. The number of aromatic nitrogens is 3. The Labute approximate surface area is 121 Å². The molecular weight excluding hydrogens is 264 g/mol. The van der Waals surface area contributed by atoms with E-state index in [1.165, 1.54) is 18.4 Å². The number of hydrogen-bond acceptors (Lipinski definition) is 3. The second-order valence-corrected chi connectivity index (χ2v) is 5.39. The van der Waals surface area contributed by atoms with Gasteiger partial charge in [-0.2, -0.15) is 0 Å². The first-order valence-corrected chi connectivity index (χ1v) is 6.98. The van der Waals surface area contributed by atoms with E-state index in [1.807, 2.05) is 24.5 Å². The van der Waals surface area contributed by atoms with Crippen molar-refractivity contribution in [2.24, 2.45) is 0 Å². The maximum absolute atomic E-state index is 10.5. The highest BCUT2D eigenvalue weighted by atomic mass is 16.1. The number of fused-ring (bicyclic) bond motifs is 1. The summed E-state index contributed by atoms with van der Waals surface area (Å²) >= 11 is 0. The highest BCUT2D eigenvalue weighted by molar-refractivity contribution is 5.87. The standard InChI is InChI=1S/C16H14N4O/c21-9-19-14-4-11-5-15(20-16(11)18-8-14)13-3-12(6-17-7-13)10-1-2-10/h3-10H,1-2H2,(H,18,20)(H,19,21). The maximum Gasteiger partial charge on any atom is 0.211 e. The van der Waals surface area contributed by atoms with Gasteiger partial charge in [0.15, 0.2) is 0 Å². The molecule has 0 aliphatic heterocycles. The SMILES string of the molecule is O=CNc1cnc2[nH]c(-c3cncc(C4CC4)c3)cc2c1. The number of carbonyl (C=O) groups is 1. The van der Waals surface area contributed by atoms with E-state index in [9.17, 15) is 4.79 Å². The summed E-state index contributed by atoms with van der Waals surface area (Å²) < 4.78 is 0. The molecule has 0 spiro atoms. The predicted molar refractivity (Wildman–Crippen MR) is 81.0 cm³/mol. The zero-order valence-corrected chi connectivity index (χ0v) is 11.3. The number of rotatable bonds is 4.